The van der Waals surface area contributed by atoms with E-state index in [2.05, 4.69) is 65.2 Å². The van der Waals surface area contributed by atoms with E-state index in [1.54, 1.807) is 6.33 Å². The third kappa shape index (κ3) is 3.80. The van der Waals surface area contributed by atoms with E-state index in [0.717, 1.165) is 17.1 Å². The van der Waals surface area contributed by atoms with Crippen LogP contribution in [0.3, 0.4) is 0 Å². The van der Waals surface area contributed by atoms with Crippen molar-refractivity contribution in [2.75, 3.05) is 6.54 Å². The van der Waals surface area contributed by atoms with Crippen molar-refractivity contribution in [3.63, 3.8) is 0 Å². The molecular formula is C21H24IN6O2PS. The van der Waals surface area contributed by atoms with E-state index < -0.39 is 10.7 Å². The number of allylic oxidation sites excluding steroid dienone is 3. The Morgan fingerprint density at radius 1 is 1.44 bits per heavy atom. The Morgan fingerprint density at radius 3 is 2.97 bits per heavy atom. The summed E-state index contributed by atoms with van der Waals surface area (Å²) in [5.74, 6) is 0.609. The van der Waals surface area contributed by atoms with Crippen molar-refractivity contribution in [3.8, 4) is 0 Å². The van der Waals surface area contributed by atoms with Gasteiger partial charge in [-0.2, -0.15) is 0 Å². The Bertz CT molecular complexity index is 1200. The molecule has 1 N–H and O–H groups in total. The molecule has 8 nitrogen and oxygen atoms in total. The standard InChI is InChI=1S/C21H24IN6O2PS/c1-12(31)13-5-4-7-28-15(13)10-32(26-28)19-17-14(24-11-25-17)6-8-27(19)18(29)16-9-23-20(30-16)21(2,3)22/h4-5,7,9-12,19H,6,8,31H2,1-3H3,(H,24,25)/t12?,19-,32?/m0/s1. The van der Waals surface area contributed by atoms with Crippen molar-refractivity contribution in [1.82, 2.24) is 24.9 Å². The van der Waals surface area contributed by atoms with Crippen molar-refractivity contribution in [2.45, 2.75) is 41.6 Å². The van der Waals surface area contributed by atoms with Crippen LogP contribution < -0.4 is 0 Å². The number of imidazole rings is 1. The van der Waals surface area contributed by atoms with Crippen LogP contribution in [-0.2, 0) is 20.5 Å². The number of aromatic amines is 1. The highest BCUT2D eigenvalue weighted by Crippen LogP contribution is 2.40. The Labute approximate surface area is 205 Å². The summed E-state index contributed by atoms with van der Waals surface area (Å²) in [6, 6.07) is 0. The quantitative estimate of drug-likeness (QED) is 0.329. The number of hydrogen-bond acceptors (Lipinski definition) is 6. The number of rotatable bonds is 4. The zero-order valence-electron chi connectivity index (χ0n) is 17.9. The lowest BCUT2D eigenvalue weighted by molar-refractivity contribution is 0.0689. The topological polar surface area (TPSA) is 90.6 Å². The third-order valence-electron chi connectivity index (χ3n) is 5.54. The maximum atomic E-state index is 13.6. The zero-order chi connectivity index (χ0) is 22.6. The maximum Gasteiger partial charge on any atom is 0.292 e. The second-order valence-corrected chi connectivity index (χ2v) is 13.6. The van der Waals surface area contributed by atoms with Crippen LogP contribution in [0.25, 0.3) is 0 Å². The lowest BCUT2D eigenvalue weighted by atomic mass is 10.1. The Balaban J connectivity index is 1.53. The summed E-state index contributed by atoms with van der Waals surface area (Å²) in [5, 5.41) is 3.80. The molecule has 0 bridgehead atoms. The van der Waals surface area contributed by atoms with E-state index in [1.807, 2.05) is 36.0 Å². The molecule has 0 fully saturated rings. The smallest absolute Gasteiger partial charge is 0.292 e. The van der Waals surface area contributed by atoms with Gasteiger partial charge in [0.1, 0.15) is 5.37 Å². The van der Waals surface area contributed by atoms with E-state index in [-0.39, 0.29) is 20.5 Å². The molecule has 2 aromatic heterocycles. The molecule has 168 valence electrons. The number of aromatic nitrogens is 3. The van der Waals surface area contributed by atoms with Gasteiger partial charge in [0.25, 0.3) is 5.91 Å². The number of carbonyl (C=O) groups is 1. The number of carbonyl (C=O) groups excluding carboxylic acids is 1. The van der Waals surface area contributed by atoms with Crippen molar-refractivity contribution < 1.29 is 9.21 Å². The Kier molecular flexibility index (Phi) is 5.66. The molecular weight excluding hydrogens is 558 g/mol. The first-order chi connectivity index (χ1) is 15.2. The van der Waals surface area contributed by atoms with Crippen LogP contribution in [0.2, 0.25) is 0 Å². The largest absolute Gasteiger partial charge is 0.434 e. The number of fused-ring (bicyclic) bond motifs is 2. The van der Waals surface area contributed by atoms with Crippen LogP contribution in [0.4, 0.5) is 0 Å². The summed E-state index contributed by atoms with van der Waals surface area (Å²) in [7, 11) is 2.25. The summed E-state index contributed by atoms with van der Waals surface area (Å²) in [4.78, 5) is 27.6. The molecule has 0 saturated heterocycles. The first-order valence-electron chi connectivity index (χ1n) is 10.3. The van der Waals surface area contributed by atoms with Gasteiger partial charge in [0.2, 0.25) is 11.7 Å². The van der Waals surface area contributed by atoms with E-state index >= 15 is 0 Å². The van der Waals surface area contributed by atoms with E-state index in [9.17, 15) is 4.79 Å². The third-order valence-corrected chi connectivity index (χ3v) is 8.12. The minimum atomic E-state index is -0.599. The lowest BCUT2D eigenvalue weighted by Gasteiger charge is -2.34. The molecule has 0 spiro atoms. The van der Waals surface area contributed by atoms with E-state index in [1.165, 1.54) is 11.8 Å². The Morgan fingerprint density at radius 2 is 2.25 bits per heavy atom. The zero-order valence-corrected chi connectivity index (χ0v) is 22.1. The Hall–Kier alpha value is -1.78. The molecule has 3 unspecified atom stereocenters. The molecule has 2 aromatic rings. The number of hydrogen-bond donors (Lipinski definition) is 1. The molecule has 0 aromatic carbocycles. The number of H-pyrrole nitrogens is 1. The molecule has 0 aliphatic carbocycles. The number of halogens is 1. The SMILES string of the molecule is CC(P)C1=CC=CN2N=S([C@H]3c4nc[nH]c4CCN3C(=O)c3cnc(C(C)(C)I)o3)C=C12. The van der Waals surface area contributed by atoms with Gasteiger partial charge in [0.05, 0.1) is 27.3 Å². The fraction of sp³-hybridized carbons (Fsp3) is 0.381. The second kappa shape index (κ2) is 8.22. The summed E-state index contributed by atoms with van der Waals surface area (Å²) in [5.41, 5.74) is 4.50. The second-order valence-electron chi connectivity index (χ2n) is 8.40. The number of oxazole rings is 1. The van der Waals surface area contributed by atoms with Gasteiger partial charge in [-0.3, -0.25) is 4.79 Å². The molecule has 32 heavy (non-hydrogen) atoms. The van der Waals surface area contributed by atoms with Crippen LogP contribution in [0.15, 0.2) is 56.4 Å². The first-order valence-corrected chi connectivity index (χ1v) is 13.4. The molecule has 0 saturated carbocycles. The maximum absolute atomic E-state index is 13.6. The molecule has 4 atom stereocenters. The monoisotopic (exact) mass is 582 g/mol. The molecule has 11 heteroatoms. The fourth-order valence-corrected chi connectivity index (χ4v) is 6.45. The van der Waals surface area contributed by atoms with E-state index in [0.29, 0.717) is 24.5 Å². The van der Waals surface area contributed by atoms with Gasteiger partial charge in [-0.25, -0.2) is 15.0 Å². The fourth-order valence-electron chi connectivity index (χ4n) is 3.94. The summed E-state index contributed by atoms with van der Waals surface area (Å²) in [6.45, 7) is 6.70. The van der Waals surface area contributed by atoms with Gasteiger partial charge < -0.3 is 14.3 Å². The minimum absolute atomic E-state index is 0.181. The predicted molar refractivity (Wildman–Crippen MR) is 136 cm³/mol. The number of nitrogens with one attached hydrogen (secondary N) is 1. The van der Waals surface area contributed by atoms with Crippen LogP contribution in [-0.4, -0.2) is 43.0 Å². The molecule has 3 aliphatic rings. The van der Waals surface area contributed by atoms with Crippen LogP contribution in [0, 0.1) is 0 Å². The number of alkyl halides is 1. The normalized spacial score (nSPS) is 23.3. The highest BCUT2D eigenvalue weighted by molar-refractivity contribution is 14.1. The summed E-state index contributed by atoms with van der Waals surface area (Å²) in [6.07, 6.45) is 10.0. The highest BCUT2D eigenvalue weighted by Gasteiger charge is 2.40. The molecule has 0 radical (unpaired) electrons. The molecule has 5 heterocycles. The lowest BCUT2D eigenvalue weighted by Crippen LogP contribution is -2.41. The van der Waals surface area contributed by atoms with Crippen molar-refractivity contribution in [1.29, 1.82) is 0 Å². The van der Waals surface area contributed by atoms with Crippen LogP contribution in [0.1, 0.15) is 54.0 Å². The highest BCUT2D eigenvalue weighted by atomic mass is 127. The average Bonchev–Trinajstić information content (AvgIpc) is 3.50. The predicted octanol–water partition coefficient (Wildman–Crippen LogP) is 4.36. The first kappa shape index (κ1) is 22.0. The molecule has 5 rings (SSSR count). The summed E-state index contributed by atoms with van der Waals surface area (Å²) >= 11 is 2.26. The molecule has 1 amide bonds. The summed E-state index contributed by atoms with van der Waals surface area (Å²) < 4.78 is 10.5. The minimum Gasteiger partial charge on any atom is -0.434 e. The van der Waals surface area contributed by atoms with Crippen LogP contribution >= 0.6 is 31.8 Å². The van der Waals surface area contributed by atoms with Gasteiger partial charge >= 0.3 is 0 Å². The number of nitrogens with zero attached hydrogens (tertiary/aromatic N) is 5. The van der Waals surface area contributed by atoms with Gasteiger partial charge in [-0.15, -0.1) is 13.7 Å². The van der Waals surface area contributed by atoms with Crippen molar-refractivity contribution in [2.24, 2.45) is 4.47 Å². The van der Waals surface area contributed by atoms with Crippen LogP contribution in [0.5, 0.6) is 0 Å². The molecule has 3 aliphatic heterocycles. The van der Waals surface area contributed by atoms with Crippen molar-refractivity contribution >= 4 is 48.4 Å². The average molecular weight is 582 g/mol. The van der Waals surface area contributed by atoms with Gasteiger partial charge in [0, 0.05) is 30.3 Å². The van der Waals surface area contributed by atoms with Crippen molar-refractivity contribution in [3.05, 3.63) is 70.6 Å². The van der Waals surface area contributed by atoms with Gasteiger partial charge in [-0.1, -0.05) is 35.6 Å². The van der Waals surface area contributed by atoms with Gasteiger partial charge in [-0.05, 0) is 41.8 Å². The van der Waals surface area contributed by atoms with E-state index in [4.69, 9.17) is 8.89 Å². The van der Waals surface area contributed by atoms with Gasteiger partial charge in [0.15, 0.2) is 0 Å². The number of amides is 1.